The van der Waals surface area contributed by atoms with E-state index in [1.165, 1.54) is 16.8 Å². The molecule has 0 saturated heterocycles. The molecule has 1 heterocycles. The Bertz CT molecular complexity index is 512. The number of hydrogen-bond acceptors (Lipinski definition) is 2. The first-order valence-corrected chi connectivity index (χ1v) is 5.43. The first-order chi connectivity index (χ1) is 7.65. The van der Waals surface area contributed by atoms with Gasteiger partial charge in [0.15, 0.2) is 0 Å². The Labute approximate surface area is 95.9 Å². The number of rotatable bonds is 2. The number of nitrogens with two attached hydrogens (primary N) is 1. The summed E-state index contributed by atoms with van der Waals surface area (Å²) in [5, 5.41) is 0. The molecule has 0 amide bonds. The molecule has 1 aromatic heterocycles. The maximum Gasteiger partial charge on any atom is 0.122 e. The number of imidazole rings is 1. The second-order valence-electron chi connectivity index (χ2n) is 4.04. The van der Waals surface area contributed by atoms with Crippen molar-refractivity contribution >= 4 is 0 Å². The van der Waals surface area contributed by atoms with Gasteiger partial charge in [0.05, 0.1) is 17.9 Å². The van der Waals surface area contributed by atoms with Crippen molar-refractivity contribution in [3.8, 4) is 11.3 Å². The van der Waals surface area contributed by atoms with Crippen molar-refractivity contribution in [1.82, 2.24) is 9.55 Å². The van der Waals surface area contributed by atoms with Crippen molar-refractivity contribution in [2.45, 2.75) is 20.4 Å². The highest BCUT2D eigenvalue weighted by Crippen LogP contribution is 2.26. The van der Waals surface area contributed by atoms with Crippen molar-refractivity contribution in [3.63, 3.8) is 0 Å². The minimum atomic E-state index is 0.475. The minimum Gasteiger partial charge on any atom is -0.330 e. The average molecular weight is 215 g/mol. The van der Waals surface area contributed by atoms with Crippen molar-refractivity contribution in [2.24, 2.45) is 12.8 Å². The number of aryl methyl sites for hydroxylation is 2. The number of hydrogen-bond donors (Lipinski definition) is 1. The Morgan fingerprint density at radius 1 is 1.25 bits per heavy atom. The first-order valence-electron chi connectivity index (χ1n) is 5.43. The van der Waals surface area contributed by atoms with Gasteiger partial charge in [0.25, 0.3) is 0 Å². The molecule has 0 aliphatic carbocycles. The van der Waals surface area contributed by atoms with Gasteiger partial charge in [-0.3, -0.25) is 0 Å². The third kappa shape index (κ3) is 1.63. The molecule has 16 heavy (non-hydrogen) atoms. The highest BCUT2D eigenvalue weighted by molar-refractivity contribution is 5.66. The van der Waals surface area contributed by atoms with Crippen LogP contribution in [0.1, 0.15) is 17.1 Å². The lowest BCUT2D eigenvalue weighted by molar-refractivity contribution is 0.798. The van der Waals surface area contributed by atoms with E-state index in [9.17, 15) is 0 Å². The zero-order valence-electron chi connectivity index (χ0n) is 9.99. The van der Waals surface area contributed by atoms with E-state index in [1.54, 1.807) is 0 Å². The molecule has 1 aromatic carbocycles. The zero-order chi connectivity index (χ0) is 11.7. The van der Waals surface area contributed by atoms with Crippen LogP contribution in [-0.4, -0.2) is 9.55 Å². The summed E-state index contributed by atoms with van der Waals surface area (Å²) in [7, 11) is 2.02. The quantitative estimate of drug-likeness (QED) is 0.834. The van der Waals surface area contributed by atoms with Gasteiger partial charge in [-0.15, -0.1) is 0 Å². The predicted molar refractivity (Wildman–Crippen MR) is 66.0 cm³/mol. The molecule has 0 radical (unpaired) electrons. The standard InChI is InChI=1S/C13H17N3/c1-9-6-4-5-7-11(9)13-10(2)15-12(8-14)16(13)3/h4-7H,8,14H2,1-3H3. The monoisotopic (exact) mass is 215 g/mol. The third-order valence-corrected chi connectivity index (χ3v) is 2.94. The van der Waals surface area contributed by atoms with Crippen LogP contribution in [0.2, 0.25) is 0 Å². The zero-order valence-corrected chi connectivity index (χ0v) is 9.99. The van der Waals surface area contributed by atoms with E-state index in [2.05, 4.69) is 34.7 Å². The Hall–Kier alpha value is -1.61. The molecule has 3 nitrogen and oxygen atoms in total. The maximum absolute atomic E-state index is 5.67. The van der Waals surface area contributed by atoms with Crippen LogP contribution >= 0.6 is 0 Å². The molecular weight excluding hydrogens is 198 g/mol. The lowest BCUT2D eigenvalue weighted by atomic mass is 10.0. The lowest BCUT2D eigenvalue weighted by Gasteiger charge is -2.08. The van der Waals surface area contributed by atoms with Crippen LogP contribution in [0.25, 0.3) is 11.3 Å². The van der Waals surface area contributed by atoms with Gasteiger partial charge >= 0.3 is 0 Å². The van der Waals surface area contributed by atoms with Gasteiger partial charge in [-0.2, -0.15) is 0 Å². The van der Waals surface area contributed by atoms with Gasteiger partial charge < -0.3 is 10.3 Å². The molecule has 0 saturated carbocycles. The highest BCUT2D eigenvalue weighted by atomic mass is 15.1. The van der Waals surface area contributed by atoms with E-state index >= 15 is 0 Å². The summed E-state index contributed by atoms with van der Waals surface area (Å²) in [5.41, 5.74) is 10.4. The number of benzene rings is 1. The predicted octanol–water partition coefficient (Wildman–Crippen LogP) is 2.16. The highest BCUT2D eigenvalue weighted by Gasteiger charge is 2.13. The van der Waals surface area contributed by atoms with Crippen LogP contribution in [0.3, 0.4) is 0 Å². The Kier molecular flexibility index (Phi) is 2.79. The molecule has 0 aliphatic heterocycles. The summed E-state index contributed by atoms with van der Waals surface area (Å²) in [6.45, 7) is 4.62. The molecule has 84 valence electrons. The normalized spacial score (nSPS) is 10.8. The largest absolute Gasteiger partial charge is 0.330 e. The molecule has 3 heteroatoms. The van der Waals surface area contributed by atoms with Crippen LogP contribution < -0.4 is 5.73 Å². The second kappa shape index (κ2) is 4.10. The molecular formula is C13H17N3. The van der Waals surface area contributed by atoms with Crippen LogP contribution in [-0.2, 0) is 13.6 Å². The van der Waals surface area contributed by atoms with Gasteiger partial charge in [0, 0.05) is 12.6 Å². The summed E-state index contributed by atoms with van der Waals surface area (Å²) >= 11 is 0. The van der Waals surface area contributed by atoms with E-state index < -0.39 is 0 Å². The van der Waals surface area contributed by atoms with Crippen LogP contribution in [0.5, 0.6) is 0 Å². The smallest absolute Gasteiger partial charge is 0.122 e. The fourth-order valence-corrected chi connectivity index (χ4v) is 2.09. The van der Waals surface area contributed by atoms with Crippen LogP contribution in [0.4, 0.5) is 0 Å². The average Bonchev–Trinajstić information content (AvgIpc) is 2.55. The summed E-state index contributed by atoms with van der Waals surface area (Å²) < 4.78 is 2.08. The molecule has 0 bridgehead atoms. The van der Waals surface area contributed by atoms with E-state index in [1.807, 2.05) is 20.0 Å². The first kappa shape index (κ1) is 10.9. The molecule has 0 aliphatic rings. The lowest BCUT2D eigenvalue weighted by Crippen LogP contribution is -2.05. The number of aromatic nitrogens is 2. The van der Waals surface area contributed by atoms with Crippen LogP contribution in [0.15, 0.2) is 24.3 Å². The van der Waals surface area contributed by atoms with Gasteiger partial charge in [-0.25, -0.2) is 4.98 Å². The molecule has 0 fully saturated rings. The fourth-order valence-electron chi connectivity index (χ4n) is 2.09. The van der Waals surface area contributed by atoms with Gasteiger partial charge in [0.2, 0.25) is 0 Å². The topological polar surface area (TPSA) is 43.8 Å². The van der Waals surface area contributed by atoms with Crippen molar-refractivity contribution in [1.29, 1.82) is 0 Å². The fraction of sp³-hybridized carbons (Fsp3) is 0.308. The van der Waals surface area contributed by atoms with Gasteiger partial charge in [0.1, 0.15) is 5.82 Å². The number of nitrogens with zero attached hydrogens (tertiary/aromatic N) is 2. The maximum atomic E-state index is 5.67. The van der Waals surface area contributed by atoms with Crippen LogP contribution in [0, 0.1) is 13.8 Å². The third-order valence-electron chi connectivity index (χ3n) is 2.94. The van der Waals surface area contributed by atoms with E-state index in [-0.39, 0.29) is 0 Å². The Morgan fingerprint density at radius 3 is 2.50 bits per heavy atom. The molecule has 0 spiro atoms. The summed E-state index contributed by atoms with van der Waals surface area (Å²) in [5.74, 6) is 0.927. The summed E-state index contributed by atoms with van der Waals surface area (Å²) in [4.78, 5) is 4.48. The van der Waals surface area contributed by atoms with Crippen molar-refractivity contribution in [2.75, 3.05) is 0 Å². The summed E-state index contributed by atoms with van der Waals surface area (Å²) in [6, 6.07) is 8.34. The molecule has 2 aromatic rings. The van der Waals surface area contributed by atoms with Gasteiger partial charge in [-0.05, 0) is 19.4 Å². The van der Waals surface area contributed by atoms with E-state index in [4.69, 9.17) is 5.73 Å². The van der Waals surface area contributed by atoms with E-state index in [0.717, 1.165) is 11.5 Å². The molecule has 2 rings (SSSR count). The SMILES string of the molecule is Cc1ccccc1-c1c(C)nc(CN)n1C. The van der Waals surface area contributed by atoms with Crippen molar-refractivity contribution in [3.05, 3.63) is 41.3 Å². The van der Waals surface area contributed by atoms with Gasteiger partial charge in [-0.1, -0.05) is 24.3 Å². The molecule has 2 N–H and O–H groups in total. The summed E-state index contributed by atoms with van der Waals surface area (Å²) in [6.07, 6.45) is 0. The molecule has 0 unspecified atom stereocenters. The second-order valence-corrected chi connectivity index (χ2v) is 4.04. The Morgan fingerprint density at radius 2 is 1.94 bits per heavy atom. The van der Waals surface area contributed by atoms with Crippen molar-refractivity contribution < 1.29 is 0 Å². The molecule has 0 atom stereocenters. The Balaban J connectivity index is 2.65. The minimum absolute atomic E-state index is 0.475. The van der Waals surface area contributed by atoms with E-state index in [0.29, 0.717) is 6.54 Å².